The van der Waals surface area contributed by atoms with Crippen molar-refractivity contribution in [2.24, 2.45) is 35.5 Å². The molecule has 0 aromatic carbocycles. The first-order valence-corrected chi connectivity index (χ1v) is 21.7. The van der Waals surface area contributed by atoms with Crippen LogP contribution in [0.3, 0.4) is 0 Å². The summed E-state index contributed by atoms with van der Waals surface area (Å²) in [5.41, 5.74) is 0.686. The average Bonchev–Trinajstić information content (AvgIpc) is 3.76. The van der Waals surface area contributed by atoms with Crippen LogP contribution >= 0.6 is 0 Å². The highest BCUT2D eigenvalue weighted by molar-refractivity contribution is 5.99. The number of quaternary nitrogens is 1. The number of methoxy groups -OCH3 is 3. The summed E-state index contributed by atoms with van der Waals surface area (Å²) in [4.78, 5) is 43.9. The van der Waals surface area contributed by atoms with Crippen LogP contribution in [-0.2, 0) is 47.5 Å². The highest BCUT2D eigenvalue weighted by Crippen LogP contribution is 2.54. The maximum absolute atomic E-state index is 14.7. The van der Waals surface area contributed by atoms with Crippen molar-refractivity contribution in [3.63, 3.8) is 0 Å². The van der Waals surface area contributed by atoms with Gasteiger partial charge in [-0.2, -0.15) is 0 Å². The number of likely N-dealkylation sites (N-methyl/N-ethyl adjacent to an activating group) is 1. The van der Waals surface area contributed by atoms with Crippen LogP contribution in [0.25, 0.3) is 0 Å². The van der Waals surface area contributed by atoms with E-state index in [2.05, 4.69) is 37.1 Å². The minimum atomic E-state index is -0.614. The number of cyclic esters (lactones) is 1. The van der Waals surface area contributed by atoms with Gasteiger partial charge in [0, 0.05) is 40.3 Å². The molecule has 14 atom stereocenters. The van der Waals surface area contributed by atoms with E-state index in [1.807, 2.05) is 20.8 Å². The van der Waals surface area contributed by atoms with E-state index in [0.717, 1.165) is 43.5 Å². The van der Waals surface area contributed by atoms with Crippen LogP contribution in [-0.4, -0.2) is 144 Å². The number of Topliss-reactive ketones (excluding diaryl/α,β-unsaturated/α-hetero) is 1. The van der Waals surface area contributed by atoms with Crippen LogP contribution in [0.15, 0.2) is 23.8 Å². The number of unbranched alkanes of at least 4 members (excludes halogenated alkanes) is 1. The molecule has 0 N–H and O–H groups in total. The molecule has 3 saturated heterocycles. The molecular formula is C44H71N2O10+. The van der Waals surface area contributed by atoms with Gasteiger partial charge in [-0.3, -0.25) is 19.3 Å². The average molecular weight is 788 g/mol. The fourth-order valence-electron chi connectivity index (χ4n) is 10.8. The summed E-state index contributed by atoms with van der Waals surface area (Å²) in [6.45, 7) is 13.3. The van der Waals surface area contributed by atoms with E-state index in [4.69, 9.17) is 33.2 Å². The van der Waals surface area contributed by atoms with Gasteiger partial charge in [0.15, 0.2) is 12.1 Å². The predicted molar refractivity (Wildman–Crippen MR) is 210 cm³/mol. The summed E-state index contributed by atoms with van der Waals surface area (Å²) in [6.07, 6.45) is 10.7. The van der Waals surface area contributed by atoms with Crippen molar-refractivity contribution >= 4 is 17.7 Å². The summed E-state index contributed by atoms with van der Waals surface area (Å²) in [7, 11) is 7.27. The molecule has 56 heavy (non-hydrogen) atoms. The van der Waals surface area contributed by atoms with Crippen molar-refractivity contribution in [1.82, 2.24) is 4.90 Å². The first-order valence-electron chi connectivity index (χ1n) is 21.7. The fourth-order valence-corrected chi connectivity index (χ4v) is 10.8. The highest BCUT2D eigenvalue weighted by Gasteiger charge is 2.52. The second-order valence-electron chi connectivity index (χ2n) is 17.9. The Morgan fingerprint density at radius 1 is 0.946 bits per heavy atom. The number of hydrogen-bond acceptors (Lipinski definition) is 11. The fraction of sp³-hybridized carbons (Fsp3) is 0.841. The zero-order valence-corrected chi connectivity index (χ0v) is 35.4. The molecule has 3 aliphatic carbocycles. The van der Waals surface area contributed by atoms with Gasteiger partial charge >= 0.3 is 11.9 Å². The summed E-state index contributed by atoms with van der Waals surface area (Å²) in [6, 6.07) is 0. The van der Waals surface area contributed by atoms with Gasteiger partial charge in [-0.1, -0.05) is 45.4 Å². The summed E-state index contributed by atoms with van der Waals surface area (Å²) >= 11 is 0. The molecule has 6 aliphatic rings. The van der Waals surface area contributed by atoms with E-state index in [9.17, 15) is 14.4 Å². The first-order chi connectivity index (χ1) is 26.9. The van der Waals surface area contributed by atoms with Gasteiger partial charge in [-0.25, -0.2) is 0 Å². The molecule has 0 amide bonds. The van der Waals surface area contributed by atoms with Crippen LogP contribution in [0.2, 0.25) is 0 Å². The SMILES string of the molecule is CCCC[N+]1(C)CCN(CC(=O)O[C@H]2CCC[C@H](CC)OC(=O)C[C@@H]3C(=C[C@@H]4[C@H]3C=C[C@@H]3C[C@@H](O[C@@H]5O[C@@H](C)[C@H](OC)[C@@H](OC)[C@H]5OC)C[C@@H]43)C(=O)[C@@H]2C)CC1. The molecule has 6 rings (SSSR count). The van der Waals surface area contributed by atoms with Crippen molar-refractivity contribution in [1.29, 1.82) is 0 Å². The van der Waals surface area contributed by atoms with Crippen LogP contribution in [0.5, 0.6) is 0 Å². The zero-order valence-electron chi connectivity index (χ0n) is 35.4. The summed E-state index contributed by atoms with van der Waals surface area (Å²) < 4.78 is 43.7. The molecule has 4 fully saturated rings. The van der Waals surface area contributed by atoms with E-state index >= 15 is 0 Å². The largest absolute Gasteiger partial charge is 0.462 e. The van der Waals surface area contributed by atoms with Crippen molar-refractivity contribution < 1.29 is 52.0 Å². The molecule has 0 spiro atoms. The topological polar surface area (TPSA) is 119 Å². The van der Waals surface area contributed by atoms with Crippen molar-refractivity contribution in [2.75, 3.05) is 67.6 Å². The Bertz CT molecular complexity index is 1410. The number of ketones is 1. The highest BCUT2D eigenvalue weighted by atomic mass is 16.7. The quantitative estimate of drug-likeness (QED) is 0.149. The molecule has 12 nitrogen and oxygen atoms in total. The smallest absolute Gasteiger partial charge is 0.320 e. The molecule has 0 aromatic heterocycles. The normalized spacial score (nSPS) is 40.4. The second-order valence-corrected chi connectivity index (χ2v) is 17.9. The molecule has 0 bridgehead atoms. The van der Waals surface area contributed by atoms with E-state index in [1.54, 1.807) is 21.3 Å². The van der Waals surface area contributed by atoms with Gasteiger partial charge in [-0.15, -0.1) is 0 Å². The van der Waals surface area contributed by atoms with Gasteiger partial charge in [0.05, 0.1) is 57.8 Å². The number of hydrogen-bond donors (Lipinski definition) is 0. The van der Waals surface area contributed by atoms with Crippen LogP contribution < -0.4 is 0 Å². The molecule has 3 heterocycles. The Morgan fingerprint density at radius 3 is 2.36 bits per heavy atom. The molecular weight excluding hydrogens is 716 g/mol. The number of allylic oxidation sites excluding steroid dienone is 4. The molecule has 0 aromatic rings. The zero-order chi connectivity index (χ0) is 40.1. The van der Waals surface area contributed by atoms with E-state index in [0.29, 0.717) is 31.3 Å². The van der Waals surface area contributed by atoms with Crippen molar-refractivity contribution in [3.05, 3.63) is 23.8 Å². The Labute approximate surface area is 335 Å². The van der Waals surface area contributed by atoms with E-state index in [-0.39, 0.29) is 90.8 Å². The second kappa shape index (κ2) is 19.3. The predicted octanol–water partition coefficient (Wildman–Crippen LogP) is 5.12. The Balaban J connectivity index is 1.16. The molecule has 0 radical (unpaired) electrons. The number of rotatable bonds is 12. The summed E-state index contributed by atoms with van der Waals surface area (Å²) in [5, 5.41) is 0. The number of carbonyl (C=O) groups is 3. The lowest BCUT2D eigenvalue weighted by Gasteiger charge is -2.44. The number of piperazine rings is 1. The van der Waals surface area contributed by atoms with Gasteiger partial charge in [-0.05, 0) is 81.1 Å². The monoisotopic (exact) mass is 788 g/mol. The lowest BCUT2D eigenvalue weighted by molar-refractivity contribution is -0.913. The van der Waals surface area contributed by atoms with Crippen molar-refractivity contribution in [3.8, 4) is 0 Å². The summed E-state index contributed by atoms with van der Waals surface area (Å²) in [5.74, 6) is -0.784. The van der Waals surface area contributed by atoms with E-state index in [1.165, 1.54) is 19.4 Å². The van der Waals surface area contributed by atoms with Crippen LogP contribution in [0.1, 0.15) is 85.5 Å². The standard InChI is InChI=1S/C44H71N2O10/c1-9-11-19-46(5)20-17-45(18-21-46)26-39(48)56-37-14-12-13-30(10-2)54-38(47)25-35-32-16-15-29-22-31(23-33(29)34(32)24-36(35)40(49)27(37)3)55-44-43(52-8)42(51-7)41(50-6)28(4)53-44/h15-16,24,27-35,37,41-44H,9-14,17-23,25-26H2,1-8H3/q+1/t27-,28+,29-,30+,31-,32-,33-,34-,35+,37+,41+,42-,43-,44+/m1/s1. The molecule has 1 saturated carbocycles. The Morgan fingerprint density at radius 2 is 1.68 bits per heavy atom. The number of ether oxygens (including phenoxy) is 7. The maximum Gasteiger partial charge on any atom is 0.320 e. The van der Waals surface area contributed by atoms with Crippen LogP contribution in [0.4, 0.5) is 0 Å². The molecule has 3 aliphatic heterocycles. The van der Waals surface area contributed by atoms with Gasteiger partial charge in [0.2, 0.25) is 0 Å². The lowest BCUT2D eigenvalue weighted by atomic mass is 9.70. The number of carbonyl (C=O) groups excluding carboxylic acids is 3. The minimum Gasteiger partial charge on any atom is -0.462 e. The number of fused-ring (bicyclic) bond motifs is 5. The maximum atomic E-state index is 14.7. The Kier molecular flexibility index (Phi) is 14.9. The third kappa shape index (κ3) is 9.64. The third-order valence-corrected chi connectivity index (χ3v) is 14.3. The van der Waals surface area contributed by atoms with Gasteiger partial charge in [0.25, 0.3) is 0 Å². The van der Waals surface area contributed by atoms with Crippen molar-refractivity contribution in [2.45, 2.75) is 135 Å². The third-order valence-electron chi connectivity index (χ3n) is 14.3. The molecule has 316 valence electrons. The van der Waals surface area contributed by atoms with Gasteiger partial charge < -0.3 is 37.6 Å². The Hall–Kier alpha value is -2.19. The molecule has 12 heteroatoms. The number of nitrogens with zero attached hydrogens (tertiary/aromatic N) is 2. The lowest BCUT2D eigenvalue weighted by Crippen LogP contribution is -2.59. The number of esters is 2. The minimum absolute atomic E-state index is 0.00348. The van der Waals surface area contributed by atoms with Gasteiger partial charge in [0.1, 0.15) is 30.5 Å². The van der Waals surface area contributed by atoms with Crippen LogP contribution in [0, 0.1) is 35.5 Å². The molecule has 0 unspecified atom stereocenters. The first kappa shape index (κ1) is 43.4. The van der Waals surface area contributed by atoms with E-state index < -0.39 is 24.4 Å².